The Morgan fingerprint density at radius 2 is 0.881 bits per heavy atom. The summed E-state index contributed by atoms with van der Waals surface area (Å²) in [7, 11) is -20.3. The number of hydrogen-bond acceptors (Lipinski definition) is 26. The van der Waals surface area contributed by atoms with E-state index < -0.39 is 58.4 Å². The monoisotopic (exact) mass is 1620 g/mol. The first-order chi connectivity index (χ1) is 50.3. The number of rotatable bonds is 9. The molecular weight excluding hydrogens is 1560 g/mol. The van der Waals surface area contributed by atoms with Crippen LogP contribution in [0.2, 0.25) is 0 Å². The number of pyridine rings is 2. The van der Waals surface area contributed by atoms with Crippen LogP contribution in [0.15, 0.2) is 263 Å². The Labute approximate surface area is 633 Å². The van der Waals surface area contributed by atoms with Crippen LogP contribution < -0.4 is 47.4 Å². The van der Waals surface area contributed by atoms with Crippen molar-refractivity contribution in [1.29, 1.82) is 10.8 Å². The predicted molar refractivity (Wildman–Crippen MR) is 406 cm³/mol. The van der Waals surface area contributed by atoms with Gasteiger partial charge in [0.15, 0.2) is 21.2 Å². The summed E-state index contributed by atoms with van der Waals surface area (Å²) in [6.45, 7) is 3.33. The van der Waals surface area contributed by atoms with Gasteiger partial charge in [0.25, 0.3) is 31.4 Å². The molecule has 0 spiro atoms. The quantitative estimate of drug-likeness (QED) is 0.0276. The van der Waals surface area contributed by atoms with E-state index >= 15 is 0 Å². The van der Waals surface area contributed by atoms with E-state index in [-0.39, 0.29) is 89.2 Å². The van der Waals surface area contributed by atoms with Crippen molar-refractivity contribution in [3.8, 4) is 28.6 Å². The molecule has 0 unspecified atom stereocenters. The number of azo groups is 1. The summed E-state index contributed by atoms with van der Waals surface area (Å²) in [5, 5.41) is 65.0. The summed E-state index contributed by atoms with van der Waals surface area (Å²) < 4.78 is 147. The number of aromatic amines is 2. The molecule has 34 nitrogen and oxygen atoms in total. The highest BCUT2D eigenvalue weighted by Gasteiger charge is 2.23. The number of fused-ring (bicyclic) bond motifs is 5. The van der Waals surface area contributed by atoms with Gasteiger partial charge in [-0.15, -0.1) is 5.11 Å². The Morgan fingerprint density at radius 1 is 0.440 bits per heavy atom. The van der Waals surface area contributed by atoms with Gasteiger partial charge in [-0.3, -0.25) is 33.9 Å². The van der Waals surface area contributed by atoms with E-state index in [1.807, 2.05) is 54.6 Å². The highest BCUT2D eigenvalue weighted by atomic mass is 35.5. The molecule has 0 amide bonds. The fourth-order valence-electron chi connectivity index (χ4n) is 10.0. The van der Waals surface area contributed by atoms with Gasteiger partial charge in [0.1, 0.15) is 49.9 Å². The van der Waals surface area contributed by atoms with E-state index in [9.17, 15) is 55.4 Å². The van der Waals surface area contributed by atoms with Gasteiger partial charge in [-0.05, 0) is 176 Å². The van der Waals surface area contributed by atoms with E-state index in [0.29, 0.717) is 66.5 Å². The number of hydrogen-bond donors (Lipinski definition) is 18. The number of aromatic nitrogens is 6. The molecule has 568 valence electrons. The fourth-order valence-corrected chi connectivity index (χ4v) is 12.7. The lowest BCUT2D eigenvalue weighted by molar-refractivity contribution is -0.001000. The molecule has 20 N–H and O–H groups in total. The molecule has 0 aliphatic rings. The number of H-pyrrole nitrogens is 2. The van der Waals surface area contributed by atoms with Crippen molar-refractivity contribution >= 4 is 141 Å². The molecule has 14 aromatic rings. The second kappa shape index (κ2) is 34.9. The first-order valence-electron chi connectivity index (χ1n) is 30.2. The van der Waals surface area contributed by atoms with E-state index in [1.54, 1.807) is 50.5 Å². The van der Waals surface area contributed by atoms with E-state index in [1.165, 1.54) is 102 Å². The maximum absolute atomic E-state index is 12.8. The third kappa shape index (κ3) is 21.4. The van der Waals surface area contributed by atoms with Crippen molar-refractivity contribution < 1.29 is 107 Å². The van der Waals surface area contributed by atoms with Gasteiger partial charge in [-0.1, -0.05) is 36.4 Å². The topological polar surface area (TPSA) is 586 Å². The number of aromatic hydroxyl groups is 3. The number of anilines is 2. The van der Waals surface area contributed by atoms with Crippen LogP contribution in [0.4, 0.5) is 34.1 Å². The van der Waals surface area contributed by atoms with Gasteiger partial charge >= 0.3 is 11.4 Å². The molecule has 109 heavy (non-hydrogen) atoms. The molecule has 0 atom stereocenters. The summed E-state index contributed by atoms with van der Waals surface area (Å²) >= 11 is 0. The summed E-state index contributed by atoms with van der Waals surface area (Å²) in [4.78, 5) is 37.5. The Kier molecular flexibility index (Phi) is 27.1. The minimum absolute atomic E-state index is 0. The number of diazo groups is 2. The Bertz CT molecular complexity index is 6180. The van der Waals surface area contributed by atoms with Crippen LogP contribution in [0.3, 0.4) is 0 Å². The molecule has 0 aliphatic carbocycles. The fraction of sp³-hybridized carbons (Fsp3) is 0.0294. The molecule has 0 aliphatic heterocycles. The van der Waals surface area contributed by atoms with Crippen molar-refractivity contribution in [3.63, 3.8) is 0 Å². The van der Waals surface area contributed by atoms with E-state index in [2.05, 4.69) is 40.3 Å². The number of para-hydroxylation sites is 2. The maximum atomic E-state index is 12.8. The van der Waals surface area contributed by atoms with Gasteiger partial charge in [0.2, 0.25) is 10.8 Å². The van der Waals surface area contributed by atoms with Gasteiger partial charge in [0, 0.05) is 75.0 Å². The molecule has 41 heteroatoms. The highest BCUT2D eigenvalue weighted by molar-refractivity contribution is 8.20. The second-order valence-electron chi connectivity index (χ2n) is 22.6. The third-order valence-corrected chi connectivity index (χ3v) is 19.4. The number of nitrogens with zero attached hydrogens (tertiary/aromatic N) is 10. The molecule has 14 rings (SSSR count). The number of benzene rings is 10. The zero-order valence-corrected chi connectivity index (χ0v) is 61.5. The number of nitrogens with two attached hydrogens (primary N) is 2. The van der Waals surface area contributed by atoms with Crippen molar-refractivity contribution in [2.24, 2.45) is 10.2 Å². The normalized spacial score (nSPS) is 11.8. The minimum atomic E-state index is -4.37. The average Bonchev–Trinajstić information content (AvgIpc) is 1.76. The van der Waals surface area contributed by atoms with Crippen LogP contribution in [-0.2, 0) is 20.2 Å². The molecule has 10 aromatic carbocycles. The van der Waals surface area contributed by atoms with Gasteiger partial charge in [0.05, 0.1) is 58.4 Å². The summed E-state index contributed by atoms with van der Waals surface area (Å²) in [5.41, 5.74) is 16.2. The smallest absolute Gasteiger partial charge is 0.410 e. The van der Waals surface area contributed by atoms with Crippen molar-refractivity contribution in [2.45, 2.75) is 38.3 Å². The molecular formula is C68H62Cl2N14O20S5. The van der Waals surface area contributed by atoms with Crippen LogP contribution in [0, 0.1) is 24.6 Å². The molecule has 0 saturated heterocycles. The molecule has 0 saturated carbocycles. The lowest BCUT2D eigenvalue weighted by atomic mass is 10.1. The molecule has 4 aromatic heterocycles. The first kappa shape index (κ1) is 84.6. The first-order valence-corrected chi connectivity index (χ1v) is 37.6. The second-order valence-corrected chi connectivity index (χ2v) is 30.0. The van der Waals surface area contributed by atoms with Gasteiger partial charge in [-0.25, -0.2) is 14.3 Å². The minimum Gasteiger partial charge on any atom is -1.00 e. The van der Waals surface area contributed by atoms with Gasteiger partial charge in [-0.2, -0.15) is 21.9 Å². The number of nitrogens with one attached hydrogen (secondary N) is 2. The zero-order valence-electron chi connectivity index (χ0n) is 55.9. The number of halogens is 2. The average molecular weight is 1630 g/mol. The van der Waals surface area contributed by atoms with Crippen LogP contribution in [0.5, 0.6) is 17.2 Å². The number of phenols is 3. The van der Waals surface area contributed by atoms with Crippen molar-refractivity contribution in [3.05, 3.63) is 261 Å². The predicted octanol–water partition coefficient (Wildman–Crippen LogP) is 10.2. The molecule has 4 heterocycles. The number of aryl methyl sites for hydroxylation is 2. The van der Waals surface area contributed by atoms with Crippen LogP contribution >= 0.6 is 32.6 Å². The lowest BCUT2D eigenvalue weighted by Crippen LogP contribution is -3.00. The lowest BCUT2D eigenvalue weighted by Gasteiger charge is -2.20. The molecule has 0 radical (unpaired) electrons. The Morgan fingerprint density at radius 3 is 1.34 bits per heavy atom. The Hall–Kier alpha value is -11.7. The van der Waals surface area contributed by atoms with Crippen molar-refractivity contribution in [1.82, 2.24) is 29.5 Å². The summed E-state index contributed by atoms with van der Waals surface area (Å²) in [5.74, 6) is -0.605. The van der Waals surface area contributed by atoms with Gasteiger partial charge < -0.3 is 92.6 Å². The molecule has 0 fully saturated rings. The molecule has 0 bridgehead atoms. The summed E-state index contributed by atoms with van der Waals surface area (Å²) in [6.07, 6.45) is 3.43. The largest absolute Gasteiger partial charge is 1.00 e. The van der Waals surface area contributed by atoms with Crippen molar-refractivity contribution in [2.75, 3.05) is 11.5 Å². The summed E-state index contributed by atoms with van der Waals surface area (Å²) in [6, 6.07) is 51.6. The number of nitrogen functional groups attached to an aromatic ring is 2. The maximum Gasteiger partial charge on any atom is 0.410 e. The van der Waals surface area contributed by atoms with Crippen LogP contribution in [-0.4, -0.2) is 112 Å². The Balaban J connectivity index is 0.000000190. The van der Waals surface area contributed by atoms with Crippen LogP contribution in [0.1, 0.15) is 11.4 Å². The van der Waals surface area contributed by atoms with Crippen LogP contribution in [0.25, 0.3) is 75.4 Å². The SMILES string of the molecule is Cc1[nH]n(-c2ccc(S(=O)(=O)O)cc2)c(=O)c1N=Nc1ccc2c(O)cc(S(O)(O)O)cc2c1.Cc1cc(=O)n(-c2ccc(S(=O)(=O)O)cc2)[nH]1.N#[N+]c1ccc2c(O)cc(S(O)(O)O)cc2c1.N#[N+]c1cccc2cccnc12.Nc1ccc2c(O)cc(S(O)(O)O)cc2c1.Nc1cccc2cccnc12.[Cl-].[Cl-]. The number of phenolic OH excluding ortho intramolecular Hbond substituents is 3. The van der Waals surface area contributed by atoms with E-state index in [0.717, 1.165) is 62.5 Å². The highest BCUT2D eigenvalue weighted by Crippen LogP contribution is 2.49. The zero-order chi connectivity index (χ0) is 78.1. The van der Waals surface area contributed by atoms with E-state index in [4.69, 9.17) is 58.7 Å². The standard InChI is InChI=1S/C20H18N4O8S2.C10H10N2O4S.C10H8N2O4S.C10H11NO4S.C9H6N3.C9H8N2.2ClH/c1-11-19(20(26)24(23-11)14-3-5-15(6-4-14)33(27,28)29)22-21-13-2-7-17-12(8-13)9-16(10-18(17)25)34(30,31)32;1-7-6-10(13)12(11-7)8-2-4-9(5-3-8)17(14,15)16;11-12-7-1-2-9-6(3-7)4-8(5-10(9)13)17(14,15)16;11-7-1-2-9-6(3-7)4-8(5-10(9)12)16(13,14)15;10-12-8-5-1-3-7-4-2-6-11-9(7)8;10-8-5-1-3-7-4-2-6-11-9(7)8;;/h2-10,23,25,30-32H,1H3,(H,27,28,29);2-6,11H,1H3,(H,14,15,16);1-5H,(H3-,13,14,15,16);1-5,12-15H,11H2;1-6H;1-6H,10H2;2*1H/q;;;;+1;;;/p-1. The third-order valence-electron chi connectivity index (χ3n) is 15.1.